The number of rotatable bonds is 18. The van der Waals surface area contributed by atoms with Gasteiger partial charge < -0.3 is 10.2 Å². The molecule has 0 aliphatic carbocycles. The molecule has 1 aromatic carbocycles. The van der Waals surface area contributed by atoms with Gasteiger partial charge in [-0.15, -0.1) is 0 Å². The fourth-order valence-electron chi connectivity index (χ4n) is 3.78. The molecule has 0 radical (unpaired) electrons. The van der Waals surface area contributed by atoms with E-state index in [1.165, 1.54) is 89.5 Å². The number of carboxylic acid groups (broad SMARTS) is 2. The first-order valence-corrected chi connectivity index (χ1v) is 11.6. The van der Waals surface area contributed by atoms with Crippen molar-refractivity contribution in [2.24, 2.45) is 0 Å². The standard InChI is InChI=1S/C25H40O4/c1-2-3-4-5-6-7-8-9-10-11-12-13-14-15-16-17-21-18-22(24(26)27)20-23(19-21)25(28)29/h18-20H,2-17H2,1H3,(H,26,27)(H,28,29). The van der Waals surface area contributed by atoms with Gasteiger partial charge in [-0.25, -0.2) is 9.59 Å². The number of hydrogen-bond acceptors (Lipinski definition) is 2. The Balaban J connectivity index is 2.03. The molecule has 0 fully saturated rings. The van der Waals surface area contributed by atoms with Crippen LogP contribution < -0.4 is 0 Å². The second-order valence-corrected chi connectivity index (χ2v) is 8.23. The monoisotopic (exact) mass is 404 g/mol. The third-order valence-electron chi connectivity index (χ3n) is 5.56. The van der Waals surface area contributed by atoms with Crippen molar-refractivity contribution < 1.29 is 19.8 Å². The van der Waals surface area contributed by atoms with Crippen molar-refractivity contribution >= 4 is 11.9 Å². The first-order chi connectivity index (χ1) is 14.0. The summed E-state index contributed by atoms with van der Waals surface area (Å²) in [5.74, 6) is -2.16. The molecule has 1 rings (SSSR count). The van der Waals surface area contributed by atoms with E-state index >= 15 is 0 Å². The quantitative estimate of drug-likeness (QED) is 0.248. The Bertz CT molecular complexity index is 562. The molecule has 2 N–H and O–H groups in total. The van der Waals surface area contributed by atoms with Crippen molar-refractivity contribution in [1.82, 2.24) is 0 Å². The Morgan fingerprint density at radius 2 is 0.931 bits per heavy atom. The molecule has 0 saturated heterocycles. The summed E-state index contributed by atoms with van der Waals surface area (Å²) in [4.78, 5) is 22.3. The molecule has 4 nitrogen and oxygen atoms in total. The molecule has 0 atom stereocenters. The van der Waals surface area contributed by atoms with Gasteiger partial charge in [-0.05, 0) is 36.6 Å². The molecular weight excluding hydrogens is 364 g/mol. The first-order valence-electron chi connectivity index (χ1n) is 11.6. The van der Waals surface area contributed by atoms with E-state index in [2.05, 4.69) is 6.92 Å². The Morgan fingerprint density at radius 3 is 1.28 bits per heavy atom. The van der Waals surface area contributed by atoms with Gasteiger partial charge in [0.15, 0.2) is 0 Å². The molecule has 0 aromatic heterocycles. The van der Waals surface area contributed by atoms with Crippen molar-refractivity contribution in [3.63, 3.8) is 0 Å². The van der Waals surface area contributed by atoms with E-state index in [9.17, 15) is 9.59 Å². The molecule has 0 aliphatic heterocycles. The maximum Gasteiger partial charge on any atom is 0.335 e. The van der Waals surface area contributed by atoms with Gasteiger partial charge in [0, 0.05) is 0 Å². The summed E-state index contributed by atoms with van der Waals surface area (Å²) in [6, 6.07) is 4.41. The second-order valence-electron chi connectivity index (χ2n) is 8.23. The van der Waals surface area contributed by atoms with Crippen LogP contribution in [0.1, 0.15) is 130 Å². The van der Waals surface area contributed by atoms with Gasteiger partial charge in [-0.1, -0.05) is 96.8 Å². The van der Waals surface area contributed by atoms with Gasteiger partial charge in [-0.2, -0.15) is 0 Å². The fraction of sp³-hybridized carbons (Fsp3) is 0.680. The lowest BCUT2D eigenvalue weighted by Crippen LogP contribution is -2.04. The molecule has 0 unspecified atom stereocenters. The number of carbonyl (C=O) groups is 2. The summed E-state index contributed by atoms with van der Waals surface area (Å²) in [6.45, 7) is 2.26. The topological polar surface area (TPSA) is 74.6 Å². The van der Waals surface area contributed by atoms with Crippen LogP contribution in [0.5, 0.6) is 0 Å². The number of hydrogen-bond donors (Lipinski definition) is 2. The third-order valence-corrected chi connectivity index (χ3v) is 5.56. The number of carboxylic acids is 2. The first kappa shape index (κ1) is 25.2. The lowest BCUT2D eigenvalue weighted by Gasteiger charge is -2.06. The van der Waals surface area contributed by atoms with Crippen LogP contribution in [0.2, 0.25) is 0 Å². The molecular formula is C25H40O4. The fourth-order valence-corrected chi connectivity index (χ4v) is 3.78. The molecule has 4 heteroatoms. The van der Waals surface area contributed by atoms with Crippen molar-refractivity contribution in [1.29, 1.82) is 0 Å². The molecule has 0 amide bonds. The van der Waals surface area contributed by atoms with Crippen molar-refractivity contribution in [3.8, 4) is 0 Å². The molecule has 29 heavy (non-hydrogen) atoms. The minimum atomic E-state index is -1.08. The predicted molar refractivity (Wildman–Crippen MR) is 119 cm³/mol. The van der Waals surface area contributed by atoms with Crippen LogP contribution in [0.4, 0.5) is 0 Å². The lowest BCUT2D eigenvalue weighted by atomic mass is 10.00. The van der Waals surface area contributed by atoms with E-state index in [1.807, 2.05) is 0 Å². The molecule has 1 aromatic rings. The second kappa shape index (κ2) is 16.0. The average Bonchev–Trinajstić information content (AvgIpc) is 2.70. The summed E-state index contributed by atoms with van der Waals surface area (Å²) >= 11 is 0. The van der Waals surface area contributed by atoms with Crippen LogP contribution in [0.15, 0.2) is 18.2 Å². The number of benzene rings is 1. The van der Waals surface area contributed by atoms with Crippen LogP contribution in [0, 0.1) is 0 Å². The zero-order valence-electron chi connectivity index (χ0n) is 18.3. The smallest absolute Gasteiger partial charge is 0.335 e. The van der Waals surface area contributed by atoms with Crippen LogP contribution in [-0.2, 0) is 6.42 Å². The highest BCUT2D eigenvalue weighted by Gasteiger charge is 2.11. The highest BCUT2D eigenvalue weighted by molar-refractivity contribution is 5.94. The van der Waals surface area contributed by atoms with Crippen LogP contribution in [-0.4, -0.2) is 22.2 Å². The Morgan fingerprint density at radius 1 is 0.586 bits per heavy atom. The maximum absolute atomic E-state index is 11.1. The highest BCUT2D eigenvalue weighted by Crippen LogP contribution is 2.16. The average molecular weight is 405 g/mol. The van der Waals surface area contributed by atoms with Gasteiger partial charge in [0.1, 0.15) is 0 Å². The number of unbranched alkanes of at least 4 members (excludes halogenated alkanes) is 14. The summed E-state index contributed by atoms with van der Waals surface area (Å²) in [5, 5.41) is 18.3. The van der Waals surface area contributed by atoms with E-state index in [4.69, 9.17) is 10.2 Å². The largest absolute Gasteiger partial charge is 0.478 e. The lowest BCUT2D eigenvalue weighted by molar-refractivity contribution is 0.0696. The highest BCUT2D eigenvalue weighted by atomic mass is 16.4. The van der Waals surface area contributed by atoms with Crippen LogP contribution in [0.3, 0.4) is 0 Å². The summed E-state index contributed by atoms with van der Waals surface area (Å²) in [6.07, 6.45) is 20.3. The van der Waals surface area contributed by atoms with E-state index in [0.29, 0.717) is 0 Å². The zero-order valence-corrected chi connectivity index (χ0v) is 18.3. The zero-order chi connectivity index (χ0) is 21.3. The maximum atomic E-state index is 11.1. The molecule has 0 spiro atoms. The van der Waals surface area contributed by atoms with E-state index in [-0.39, 0.29) is 11.1 Å². The SMILES string of the molecule is CCCCCCCCCCCCCCCCCc1cc(C(=O)O)cc(C(=O)O)c1. The van der Waals surface area contributed by atoms with E-state index < -0.39 is 11.9 Å². The number of aromatic carboxylic acids is 2. The Kier molecular flexibility index (Phi) is 13.9. The normalized spacial score (nSPS) is 10.9. The van der Waals surface area contributed by atoms with Crippen molar-refractivity contribution in [3.05, 3.63) is 34.9 Å². The van der Waals surface area contributed by atoms with E-state index in [0.717, 1.165) is 24.8 Å². The van der Waals surface area contributed by atoms with Gasteiger partial charge in [0.05, 0.1) is 11.1 Å². The summed E-state index contributed by atoms with van der Waals surface area (Å²) in [7, 11) is 0. The predicted octanol–water partition coefficient (Wildman–Crippen LogP) is 7.50. The molecule has 0 saturated carbocycles. The molecule has 164 valence electrons. The van der Waals surface area contributed by atoms with Gasteiger partial charge in [-0.3, -0.25) is 0 Å². The molecule has 0 aliphatic rings. The molecule has 0 bridgehead atoms. The minimum Gasteiger partial charge on any atom is -0.478 e. The minimum absolute atomic E-state index is 0.0564. The van der Waals surface area contributed by atoms with Crippen LogP contribution >= 0.6 is 0 Å². The summed E-state index contributed by atoms with van der Waals surface area (Å²) in [5.41, 5.74) is 0.915. The Labute approximate surface area is 176 Å². The van der Waals surface area contributed by atoms with Gasteiger partial charge >= 0.3 is 11.9 Å². The Hall–Kier alpha value is -1.84. The van der Waals surface area contributed by atoms with E-state index in [1.54, 1.807) is 12.1 Å². The van der Waals surface area contributed by atoms with Gasteiger partial charge in [0.2, 0.25) is 0 Å². The van der Waals surface area contributed by atoms with Crippen molar-refractivity contribution in [2.75, 3.05) is 0 Å². The molecule has 0 heterocycles. The number of aryl methyl sites for hydroxylation is 1. The van der Waals surface area contributed by atoms with Crippen molar-refractivity contribution in [2.45, 2.75) is 110 Å². The van der Waals surface area contributed by atoms with Crippen LogP contribution in [0.25, 0.3) is 0 Å². The van der Waals surface area contributed by atoms with Gasteiger partial charge in [0.25, 0.3) is 0 Å². The summed E-state index contributed by atoms with van der Waals surface area (Å²) < 4.78 is 0. The third kappa shape index (κ3) is 12.4.